The van der Waals surface area contributed by atoms with Crippen molar-refractivity contribution >= 4 is 57.4 Å². The lowest BCUT2D eigenvalue weighted by molar-refractivity contribution is -0.137. The zero-order valence-electron chi connectivity index (χ0n) is 25.9. The van der Waals surface area contributed by atoms with Gasteiger partial charge >= 0.3 is 5.97 Å². The van der Waals surface area contributed by atoms with Gasteiger partial charge in [-0.15, -0.1) is 0 Å². The van der Waals surface area contributed by atoms with Gasteiger partial charge in [-0.2, -0.15) is 4.98 Å². The second kappa shape index (κ2) is 14.1. The van der Waals surface area contributed by atoms with Gasteiger partial charge in [-0.1, -0.05) is 37.6 Å². The molecule has 3 N–H and O–H groups in total. The number of halogens is 1. The fraction of sp³-hybridized carbons (Fsp3) is 0.438. The van der Waals surface area contributed by atoms with Crippen molar-refractivity contribution in [2.45, 2.75) is 75.8 Å². The first-order valence-electron chi connectivity index (χ1n) is 15.1. The van der Waals surface area contributed by atoms with Crippen LogP contribution in [-0.4, -0.2) is 78.0 Å². The van der Waals surface area contributed by atoms with Crippen LogP contribution in [0.2, 0.25) is 5.02 Å². The second-order valence-electron chi connectivity index (χ2n) is 11.8. The molecule has 0 radical (unpaired) electrons. The van der Waals surface area contributed by atoms with Gasteiger partial charge in [0, 0.05) is 43.0 Å². The Morgan fingerprint density at radius 3 is 2.56 bits per heavy atom. The smallest absolute Gasteiger partial charge is 0.304 e. The van der Waals surface area contributed by atoms with Crippen LogP contribution < -0.4 is 15.4 Å². The number of rotatable bonds is 12. The SMILES string of the molecule is CC(C)Oc1cc2c(cc1Nc1ncc(Cl)c(Nc3ccccc3S(=O)C(C)C)n1)C(=O)N(C1CCN(CCC(=O)O)CC1)C2. The summed E-state index contributed by atoms with van der Waals surface area (Å²) < 4.78 is 19.1. The van der Waals surface area contributed by atoms with Crippen molar-refractivity contribution in [3.8, 4) is 5.75 Å². The summed E-state index contributed by atoms with van der Waals surface area (Å²) in [5, 5.41) is 15.7. The molecular formula is C32H39ClN6O5S. The van der Waals surface area contributed by atoms with Gasteiger partial charge < -0.3 is 30.3 Å². The van der Waals surface area contributed by atoms with Gasteiger partial charge in [0.2, 0.25) is 5.95 Å². The molecule has 0 bridgehead atoms. The van der Waals surface area contributed by atoms with Crippen molar-refractivity contribution in [3.63, 3.8) is 0 Å². The maximum absolute atomic E-state index is 13.6. The Morgan fingerprint density at radius 1 is 1.13 bits per heavy atom. The number of carbonyl (C=O) groups is 2. The fourth-order valence-corrected chi connectivity index (χ4v) is 6.77. The molecule has 13 heteroatoms. The van der Waals surface area contributed by atoms with E-state index in [4.69, 9.17) is 21.4 Å². The Bertz CT molecular complexity index is 1590. The van der Waals surface area contributed by atoms with Gasteiger partial charge in [-0.3, -0.25) is 13.8 Å². The molecule has 0 spiro atoms. The van der Waals surface area contributed by atoms with Crippen LogP contribution in [0.5, 0.6) is 5.75 Å². The number of fused-ring (bicyclic) bond motifs is 1. The molecule has 2 aliphatic heterocycles. The molecule has 0 aliphatic carbocycles. The third-order valence-electron chi connectivity index (χ3n) is 7.82. The van der Waals surface area contributed by atoms with Gasteiger partial charge in [-0.25, -0.2) is 4.98 Å². The number of benzene rings is 2. The molecule has 11 nitrogen and oxygen atoms in total. The highest BCUT2D eigenvalue weighted by atomic mass is 35.5. The first-order valence-corrected chi connectivity index (χ1v) is 16.7. The number of carbonyl (C=O) groups excluding carboxylic acids is 1. The summed E-state index contributed by atoms with van der Waals surface area (Å²) in [6.07, 6.45) is 3.07. The Morgan fingerprint density at radius 2 is 1.87 bits per heavy atom. The summed E-state index contributed by atoms with van der Waals surface area (Å²) in [7, 11) is -1.23. The molecule has 5 rings (SSSR count). The fourth-order valence-electron chi connectivity index (χ4n) is 5.58. The topological polar surface area (TPSA) is 137 Å². The van der Waals surface area contributed by atoms with E-state index in [0.717, 1.165) is 31.5 Å². The number of hydrogen-bond donors (Lipinski definition) is 3. The van der Waals surface area contributed by atoms with E-state index in [1.54, 1.807) is 6.07 Å². The number of hydrogen-bond acceptors (Lipinski definition) is 9. The largest absolute Gasteiger partial charge is 0.489 e. The third-order valence-corrected chi connectivity index (χ3v) is 9.74. The van der Waals surface area contributed by atoms with Gasteiger partial charge in [-0.05, 0) is 56.5 Å². The van der Waals surface area contributed by atoms with Crippen LogP contribution in [0.4, 0.5) is 23.1 Å². The van der Waals surface area contributed by atoms with E-state index in [-0.39, 0.29) is 40.7 Å². The zero-order chi connectivity index (χ0) is 32.2. The molecule has 3 aromatic rings. The monoisotopic (exact) mass is 654 g/mol. The van der Waals surface area contributed by atoms with Gasteiger partial charge in [0.05, 0.1) is 45.8 Å². The Labute approximate surface area is 270 Å². The number of para-hydroxylation sites is 1. The first-order chi connectivity index (χ1) is 21.5. The zero-order valence-corrected chi connectivity index (χ0v) is 27.5. The molecule has 1 unspecified atom stereocenters. The maximum Gasteiger partial charge on any atom is 0.304 e. The number of nitrogens with zero attached hydrogens (tertiary/aromatic N) is 4. The second-order valence-corrected chi connectivity index (χ2v) is 14.2. The molecule has 2 aromatic carbocycles. The van der Waals surface area contributed by atoms with Gasteiger partial charge in [0.1, 0.15) is 10.8 Å². The van der Waals surface area contributed by atoms with Gasteiger partial charge in [0.25, 0.3) is 5.91 Å². The number of carboxylic acids is 1. The Hall–Kier alpha value is -3.74. The molecule has 45 heavy (non-hydrogen) atoms. The number of nitrogens with one attached hydrogen (secondary N) is 2. The molecule has 2 aliphatic rings. The predicted molar refractivity (Wildman–Crippen MR) is 175 cm³/mol. The number of likely N-dealkylation sites (tertiary alicyclic amines) is 1. The van der Waals surface area contributed by atoms with Gasteiger partial charge in [0.15, 0.2) is 5.82 Å². The van der Waals surface area contributed by atoms with Crippen molar-refractivity contribution < 1.29 is 23.6 Å². The Balaban J connectivity index is 1.36. The normalized spacial score (nSPS) is 16.2. The van der Waals surface area contributed by atoms with Crippen LogP contribution >= 0.6 is 11.6 Å². The molecule has 240 valence electrons. The van der Waals surface area contributed by atoms with E-state index in [9.17, 15) is 13.8 Å². The lowest BCUT2D eigenvalue weighted by atomic mass is 10.0. The molecule has 0 saturated carbocycles. The average Bonchev–Trinajstić information content (AvgIpc) is 3.32. The summed E-state index contributed by atoms with van der Waals surface area (Å²) in [5.41, 5.74) is 2.68. The highest BCUT2D eigenvalue weighted by molar-refractivity contribution is 7.85. The van der Waals surface area contributed by atoms with E-state index in [1.807, 2.05) is 62.9 Å². The van der Waals surface area contributed by atoms with Crippen LogP contribution in [0, 0.1) is 0 Å². The van der Waals surface area contributed by atoms with Crippen LogP contribution in [0.15, 0.2) is 47.5 Å². The van der Waals surface area contributed by atoms with E-state index in [2.05, 4.69) is 25.5 Å². The van der Waals surface area contributed by atoms with E-state index in [1.165, 1.54) is 6.20 Å². The lowest BCUT2D eigenvalue weighted by Crippen LogP contribution is -2.45. The standard InChI is InChI=1S/C32H39ClN6O5S/c1-19(2)44-27-15-21-18-39(22-9-12-38(13-10-22)14-11-29(40)41)31(42)23(21)16-26(27)36-32-34-17-24(33)30(37-32)35-25-7-5-6-8-28(25)45(43)20(3)4/h5-8,15-17,19-20,22H,9-14,18H2,1-4H3,(H,40,41)(H2,34,35,36,37). The van der Waals surface area contributed by atoms with Crippen molar-refractivity contribution in [1.29, 1.82) is 0 Å². The quantitative estimate of drug-likeness (QED) is 0.219. The highest BCUT2D eigenvalue weighted by Gasteiger charge is 2.35. The molecule has 1 atom stereocenters. The number of anilines is 4. The van der Waals surface area contributed by atoms with Crippen LogP contribution in [0.1, 0.15) is 62.9 Å². The van der Waals surface area contributed by atoms with Crippen molar-refractivity contribution in [1.82, 2.24) is 19.8 Å². The van der Waals surface area contributed by atoms with Crippen molar-refractivity contribution in [2.75, 3.05) is 30.3 Å². The first kappa shape index (κ1) is 32.6. The minimum absolute atomic E-state index is 0.0396. The summed E-state index contributed by atoms with van der Waals surface area (Å²) in [6.45, 7) is 10.2. The molecule has 1 saturated heterocycles. The molecule has 3 heterocycles. The number of aliphatic carboxylic acids is 1. The molecule has 1 amide bonds. The van der Waals surface area contributed by atoms with Crippen molar-refractivity contribution in [2.24, 2.45) is 0 Å². The average molecular weight is 655 g/mol. The number of aromatic nitrogens is 2. The number of amides is 1. The molecule has 1 fully saturated rings. The van der Waals surface area contributed by atoms with Crippen LogP contribution in [0.3, 0.4) is 0 Å². The Kier molecular flexibility index (Phi) is 10.3. The summed E-state index contributed by atoms with van der Waals surface area (Å²) in [6, 6.07) is 11.1. The summed E-state index contributed by atoms with van der Waals surface area (Å²) in [5.74, 6) is 0.322. The van der Waals surface area contributed by atoms with E-state index < -0.39 is 16.8 Å². The summed E-state index contributed by atoms with van der Waals surface area (Å²) >= 11 is 6.47. The molecule has 1 aromatic heterocycles. The highest BCUT2D eigenvalue weighted by Crippen LogP contribution is 2.38. The summed E-state index contributed by atoms with van der Waals surface area (Å²) in [4.78, 5) is 38.3. The minimum atomic E-state index is -1.23. The lowest BCUT2D eigenvalue weighted by Gasteiger charge is -2.36. The van der Waals surface area contributed by atoms with Crippen LogP contribution in [-0.2, 0) is 22.1 Å². The minimum Gasteiger partial charge on any atom is -0.489 e. The van der Waals surface area contributed by atoms with E-state index >= 15 is 0 Å². The third kappa shape index (κ3) is 7.74. The van der Waals surface area contributed by atoms with E-state index in [0.29, 0.717) is 46.5 Å². The van der Waals surface area contributed by atoms with Crippen LogP contribution in [0.25, 0.3) is 0 Å². The van der Waals surface area contributed by atoms with Crippen molar-refractivity contribution in [3.05, 3.63) is 58.7 Å². The molecular weight excluding hydrogens is 616 g/mol. The maximum atomic E-state index is 13.6. The number of ether oxygens (including phenoxy) is 1. The number of carboxylic acid groups (broad SMARTS) is 1. The predicted octanol–water partition coefficient (Wildman–Crippen LogP) is 5.82. The number of piperidine rings is 1.